The molecule has 10 atom stereocenters. The molecule has 4 saturated heterocycles. The summed E-state index contributed by atoms with van der Waals surface area (Å²) in [6.45, 7) is 2.00. The number of rotatable bonds is 7. The summed E-state index contributed by atoms with van der Waals surface area (Å²) in [6, 6.07) is 17.5. The Labute approximate surface area is 398 Å². The molecule has 12 fully saturated rings. The maximum atomic E-state index is 13.7. The van der Waals surface area contributed by atoms with Gasteiger partial charge in [0.2, 0.25) is 11.4 Å². The van der Waals surface area contributed by atoms with E-state index in [0.717, 1.165) is 72.2 Å². The number of para-hydroxylation sites is 4. The van der Waals surface area contributed by atoms with Gasteiger partial charge in [-0.15, -0.1) is 12.4 Å². The number of esters is 1. The minimum absolute atomic E-state index is 0. The quantitative estimate of drug-likeness (QED) is 0.178. The molecule has 8 aliphatic carbocycles. The highest BCUT2D eigenvalue weighted by Crippen LogP contribution is 2.66. The first kappa shape index (κ1) is 44.1. The van der Waals surface area contributed by atoms with Gasteiger partial charge in [-0.25, -0.2) is 19.6 Å². The van der Waals surface area contributed by atoms with Gasteiger partial charge in [-0.2, -0.15) is 0 Å². The number of benzene rings is 2. The van der Waals surface area contributed by atoms with Crippen LogP contribution < -0.4 is 11.1 Å². The zero-order valence-corrected chi connectivity index (χ0v) is 39.8. The number of carboxylic acids is 1. The van der Waals surface area contributed by atoms with Crippen molar-refractivity contribution in [1.82, 2.24) is 28.9 Å². The van der Waals surface area contributed by atoms with Crippen LogP contribution in [0.3, 0.4) is 0 Å². The fraction of sp³-hybridized carbons (Fsp3) is 0.667. The average molecular weight is 932 g/mol. The molecule has 0 amide bonds. The number of carbonyl (C=O) groups excluding carboxylic acids is 1. The normalized spacial score (nSPS) is 38.8. The van der Waals surface area contributed by atoms with Gasteiger partial charge in [-0.3, -0.25) is 19.4 Å². The highest BCUT2D eigenvalue weighted by molar-refractivity contribution is 5.90. The molecule has 6 unspecified atom stereocenters. The highest BCUT2D eigenvalue weighted by Gasteiger charge is 2.65. The third-order valence-electron chi connectivity index (χ3n) is 19.8. The predicted molar refractivity (Wildman–Crippen MR) is 258 cm³/mol. The van der Waals surface area contributed by atoms with E-state index in [4.69, 9.17) is 4.74 Å². The third kappa shape index (κ3) is 6.78. The molecule has 4 aliphatic heterocycles. The van der Waals surface area contributed by atoms with Crippen molar-refractivity contribution in [2.75, 3.05) is 6.61 Å². The average Bonchev–Trinajstić information content (AvgIpc) is 3.90. The van der Waals surface area contributed by atoms with E-state index in [0.29, 0.717) is 46.3 Å². The first-order valence-electron chi connectivity index (χ1n) is 26.1. The van der Waals surface area contributed by atoms with Crippen molar-refractivity contribution in [3.63, 3.8) is 0 Å². The number of fused-ring (bicyclic) bond motifs is 6. The van der Waals surface area contributed by atoms with Gasteiger partial charge < -0.3 is 19.0 Å². The van der Waals surface area contributed by atoms with Crippen molar-refractivity contribution in [3.05, 3.63) is 80.6 Å². The van der Waals surface area contributed by atoms with Crippen LogP contribution in [0.4, 0.5) is 0 Å². The lowest BCUT2D eigenvalue weighted by Crippen LogP contribution is -2.63. The van der Waals surface area contributed by atoms with Crippen LogP contribution in [0.1, 0.15) is 168 Å². The van der Waals surface area contributed by atoms with Crippen LogP contribution in [0.2, 0.25) is 0 Å². The van der Waals surface area contributed by atoms with Gasteiger partial charge in [0.25, 0.3) is 11.1 Å². The van der Waals surface area contributed by atoms with E-state index in [1.54, 1.807) is 11.5 Å². The maximum absolute atomic E-state index is 13.7. The third-order valence-corrected chi connectivity index (χ3v) is 19.8. The van der Waals surface area contributed by atoms with E-state index in [1.165, 1.54) is 103 Å². The van der Waals surface area contributed by atoms with Crippen molar-refractivity contribution < 1.29 is 19.4 Å². The number of hydrogen-bond acceptors (Lipinski definition) is 9. The molecule has 356 valence electrons. The zero-order valence-electron chi connectivity index (χ0n) is 39.0. The molecule has 0 radical (unpaired) electrons. The van der Waals surface area contributed by atoms with Gasteiger partial charge in [-0.05, 0) is 182 Å². The summed E-state index contributed by atoms with van der Waals surface area (Å²) in [5.41, 5.74) is 2.64. The second-order valence-corrected chi connectivity index (χ2v) is 23.1. The van der Waals surface area contributed by atoms with Crippen LogP contribution >= 0.6 is 12.4 Å². The minimum Gasteiger partial charge on any atom is -0.476 e. The van der Waals surface area contributed by atoms with Crippen molar-refractivity contribution >= 4 is 46.4 Å². The van der Waals surface area contributed by atoms with Crippen LogP contribution in [0.25, 0.3) is 22.1 Å². The van der Waals surface area contributed by atoms with Crippen molar-refractivity contribution in [2.24, 2.45) is 35.5 Å². The van der Waals surface area contributed by atoms with E-state index in [-0.39, 0.29) is 48.0 Å². The summed E-state index contributed by atoms with van der Waals surface area (Å²) in [5.74, 6) is 3.73. The van der Waals surface area contributed by atoms with Crippen molar-refractivity contribution in [2.45, 2.75) is 183 Å². The molecule has 67 heavy (non-hydrogen) atoms. The zero-order chi connectivity index (χ0) is 44.6. The molecule has 4 aromatic rings. The summed E-state index contributed by atoms with van der Waals surface area (Å²) in [6.07, 6.45) is 25.7. The van der Waals surface area contributed by atoms with Crippen LogP contribution in [-0.4, -0.2) is 87.8 Å². The molecule has 0 spiro atoms. The van der Waals surface area contributed by atoms with E-state index >= 15 is 0 Å². The van der Waals surface area contributed by atoms with E-state index in [2.05, 4.69) is 19.8 Å². The number of ether oxygens (including phenoxy) is 1. The summed E-state index contributed by atoms with van der Waals surface area (Å²) in [4.78, 5) is 66.0. The number of aromatic nitrogens is 4. The van der Waals surface area contributed by atoms with Gasteiger partial charge >= 0.3 is 11.9 Å². The Morgan fingerprint density at radius 3 is 1.37 bits per heavy atom. The molecular weight excluding hydrogens is 864 g/mol. The number of aromatic carboxylic acids is 1. The fourth-order valence-corrected chi connectivity index (χ4v) is 18.4. The second-order valence-electron chi connectivity index (χ2n) is 23.1. The summed E-state index contributed by atoms with van der Waals surface area (Å²) >= 11 is 0. The topological polar surface area (TPSA) is 140 Å². The van der Waals surface area contributed by atoms with Gasteiger partial charge in [0.05, 0.1) is 28.7 Å². The number of nitrogens with zero attached hydrogens (tertiary/aromatic N) is 6. The first-order chi connectivity index (χ1) is 32.1. The summed E-state index contributed by atoms with van der Waals surface area (Å²) in [5, 5.41) is 9.64. The Morgan fingerprint density at radius 2 is 0.970 bits per heavy atom. The molecule has 6 heterocycles. The lowest BCUT2D eigenvalue weighted by atomic mass is 9.73. The van der Waals surface area contributed by atoms with Crippen LogP contribution in [0.15, 0.2) is 58.1 Å². The number of carboxylic acid groups (broad SMARTS) is 1. The highest BCUT2D eigenvalue weighted by atomic mass is 35.5. The standard InChI is InChI=1S/C28H35N3O3.C26H31N3O3.ClH/c1-2-34-27(33)25-26(32)30(24-9-4-3-8-23(24)29-25)22-13-20-6-5-7-21(14-22)31(20)28-15-17-10-18(16-28)12-19(28)11-17;30-24-23(25(31)32)27-21-6-1-2-7-22(21)28(24)20-11-18-4-3-5-19(12-20)29(18)26-13-15-8-16(14-26)10-17(26)9-15;/h3-4,8-9,17-22H,2,5-7,10-16H2,1H3;1-2,6-7,15-20H,3-5,8-14H2,(H,31,32);1H/t17?,18?,19?,20-,21+,22?,28?;15?,16?,17?,18-,19+,20?,26?;. The smallest absolute Gasteiger partial charge is 0.362 e. The lowest BCUT2D eigenvalue weighted by molar-refractivity contribution is -0.0818. The molecule has 12 aliphatic rings. The second kappa shape index (κ2) is 16.5. The van der Waals surface area contributed by atoms with E-state index < -0.39 is 17.5 Å². The fourth-order valence-electron chi connectivity index (χ4n) is 18.4. The molecule has 2 aromatic heterocycles. The Hall–Kier alpha value is -4.13. The molecule has 13 heteroatoms. The monoisotopic (exact) mass is 930 g/mol. The Morgan fingerprint density at radius 1 is 0.582 bits per heavy atom. The Kier molecular flexibility index (Phi) is 10.9. The van der Waals surface area contributed by atoms with Crippen molar-refractivity contribution in [1.29, 1.82) is 0 Å². The van der Waals surface area contributed by atoms with Crippen molar-refractivity contribution in [3.8, 4) is 0 Å². The van der Waals surface area contributed by atoms with E-state index in [9.17, 15) is 24.3 Å². The number of piperidine rings is 4. The number of halogens is 1. The van der Waals surface area contributed by atoms with Gasteiger partial charge in [-0.1, -0.05) is 37.1 Å². The van der Waals surface area contributed by atoms with Gasteiger partial charge in [0.15, 0.2) is 0 Å². The minimum atomic E-state index is -1.23. The number of hydrogen-bond donors (Lipinski definition) is 1. The Bertz CT molecular complexity index is 2700. The van der Waals surface area contributed by atoms with Crippen LogP contribution in [0.5, 0.6) is 0 Å². The predicted octanol–water partition coefficient (Wildman–Crippen LogP) is 9.36. The molecule has 16 rings (SSSR count). The molecule has 12 bridgehead atoms. The summed E-state index contributed by atoms with van der Waals surface area (Å²) in [7, 11) is 0. The molecule has 2 aromatic carbocycles. The first-order valence-corrected chi connectivity index (χ1v) is 26.1. The number of carbonyl (C=O) groups is 2. The lowest BCUT2D eigenvalue weighted by Gasteiger charge is -2.58. The van der Waals surface area contributed by atoms with E-state index in [1.807, 2.05) is 53.1 Å². The molecule has 1 N–H and O–H groups in total. The Balaban J connectivity index is 0.000000138. The SMILES string of the molecule is CCOC(=O)c1nc2ccccc2n(C2C[C@H]3CCC[C@@H](C2)N3C23CC4CC(CC2C4)C3)c1=O.Cl.O=C(O)c1nc2ccccc2n(C2C[C@H]3CCC[C@@H](C2)N3C23CC4CC(CC2C4)C3)c1=O. The maximum Gasteiger partial charge on any atom is 0.362 e. The molecule has 12 nitrogen and oxygen atoms in total. The van der Waals surface area contributed by atoms with Crippen LogP contribution in [-0.2, 0) is 4.74 Å². The van der Waals surface area contributed by atoms with Gasteiger partial charge in [0.1, 0.15) is 0 Å². The summed E-state index contributed by atoms with van der Waals surface area (Å²) < 4.78 is 8.90. The van der Waals surface area contributed by atoms with Crippen LogP contribution in [0, 0.1) is 35.5 Å². The largest absolute Gasteiger partial charge is 0.476 e. The van der Waals surface area contributed by atoms with Gasteiger partial charge in [0, 0.05) is 47.3 Å². The molecular formula is C54H67ClN6O6. The molecule has 8 saturated carbocycles.